The molecule has 0 amide bonds. The molecule has 0 N–H and O–H groups in total. The Morgan fingerprint density at radius 1 is 1.43 bits per heavy atom. The quantitative estimate of drug-likeness (QED) is 0.413. The van der Waals surface area contributed by atoms with Gasteiger partial charge >= 0.3 is 0 Å². The number of hydrogen-bond acceptors (Lipinski definition) is 5. The van der Waals surface area contributed by atoms with Crippen molar-refractivity contribution in [2.75, 3.05) is 12.4 Å². The van der Waals surface area contributed by atoms with E-state index in [1.807, 2.05) is 6.92 Å². The zero-order chi connectivity index (χ0) is 16.0. The number of hydrogen-bond donors (Lipinski definition) is 0. The topological polar surface area (TPSA) is 86.5 Å². The van der Waals surface area contributed by atoms with E-state index in [0.717, 1.165) is 6.42 Å². The summed E-state index contributed by atoms with van der Waals surface area (Å²) in [6.45, 7) is 3.69. The first kappa shape index (κ1) is 17.7. The first-order valence-electron chi connectivity index (χ1n) is 6.53. The fourth-order valence-electron chi connectivity index (χ4n) is 2.07. The number of nitrogens with zero attached hydrogens (tertiary/aromatic N) is 1. The second kappa shape index (κ2) is 7.61. The van der Waals surface area contributed by atoms with E-state index >= 15 is 0 Å². The van der Waals surface area contributed by atoms with Crippen LogP contribution in [0.4, 0.5) is 5.69 Å². The fraction of sp³-hybridized carbons (Fsp3) is 0.538. The monoisotopic (exact) mass is 335 g/mol. The number of benzene rings is 1. The minimum absolute atomic E-state index is 0.0236. The molecule has 21 heavy (non-hydrogen) atoms. The number of nitro benzene ring substituents is 1. The van der Waals surface area contributed by atoms with Gasteiger partial charge in [0.05, 0.1) is 22.8 Å². The van der Waals surface area contributed by atoms with Gasteiger partial charge in [-0.3, -0.25) is 10.1 Å². The molecule has 0 heterocycles. The van der Waals surface area contributed by atoms with Gasteiger partial charge in [0.15, 0.2) is 0 Å². The summed E-state index contributed by atoms with van der Waals surface area (Å²) in [5.41, 5.74) is 0.399. The van der Waals surface area contributed by atoms with Crippen molar-refractivity contribution in [2.45, 2.75) is 26.7 Å². The molecular weight excluding hydrogens is 318 g/mol. The zero-order valence-corrected chi connectivity index (χ0v) is 13.5. The number of nitro groups is 1. The van der Waals surface area contributed by atoms with Crippen LogP contribution in [0.5, 0.6) is 5.75 Å². The average molecular weight is 336 g/mol. The van der Waals surface area contributed by atoms with Crippen molar-refractivity contribution < 1.29 is 18.1 Å². The lowest BCUT2D eigenvalue weighted by Crippen LogP contribution is -2.20. The summed E-state index contributed by atoms with van der Waals surface area (Å²) in [5.74, 6) is -0.0236. The van der Waals surface area contributed by atoms with Crippen LogP contribution in [0.1, 0.15) is 25.3 Å². The fourth-order valence-corrected chi connectivity index (χ4v) is 3.43. The van der Waals surface area contributed by atoms with Crippen molar-refractivity contribution in [1.29, 1.82) is 0 Å². The Bertz CT molecular complexity index is 603. The third kappa shape index (κ3) is 5.89. The van der Waals surface area contributed by atoms with Crippen LogP contribution < -0.4 is 4.74 Å². The van der Waals surface area contributed by atoms with Crippen LogP contribution in [0.2, 0.25) is 0 Å². The molecule has 1 atom stereocenters. The largest absolute Gasteiger partial charge is 0.493 e. The van der Waals surface area contributed by atoms with Crippen LogP contribution in [0.15, 0.2) is 18.2 Å². The average Bonchev–Trinajstić information content (AvgIpc) is 2.35. The van der Waals surface area contributed by atoms with Crippen LogP contribution >= 0.6 is 10.7 Å². The molecule has 0 aliphatic heterocycles. The second-order valence-corrected chi connectivity index (χ2v) is 7.65. The lowest BCUT2D eigenvalue weighted by atomic mass is 10.1. The Kier molecular flexibility index (Phi) is 6.42. The van der Waals surface area contributed by atoms with Crippen molar-refractivity contribution in [1.82, 2.24) is 0 Å². The highest BCUT2D eigenvalue weighted by Crippen LogP contribution is 2.27. The Balaban J connectivity index is 2.81. The van der Waals surface area contributed by atoms with Gasteiger partial charge < -0.3 is 4.74 Å². The highest BCUT2D eigenvalue weighted by atomic mass is 35.7. The van der Waals surface area contributed by atoms with Crippen LogP contribution in [0, 0.1) is 23.0 Å². The van der Waals surface area contributed by atoms with Crippen molar-refractivity contribution in [3.8, 4) is 5.75 Å². The molecule has 0 radical (unpaired) electrons. The summed E-state index contributed by atoms with van der Waals surface area (Å²) < 4.78 is 27.9. The van der Waals surface area contributed by atoms with Crippen LogP contribution in [-0.2, 0) is 9.05 Å². The van der Waals surface area contributed by atoms with Gasteiger partial charge in [0.1, 0.15) is 5.75 Å². The maximum atomic E-state index is 11.2. The minimum atomic E-state index is -3.60. The van der Waals surface area contributed by atoms with Crippen LogP contribution in [0.3, 0.4) is 0 Å². The van der Waals surface area contributed by atoms with E-state index in [0.29, 0.717) is 17.7 Å². The second-order valence-electron chi connectivity index (χ2n) is 4.83. The van der Waals surface area contributed by atoms with Crippen molar-refractivity contribution in [2.24, 2.45) is 5.92 Å². The smallest absolute Gasteiger partial charge is 0.276 e. The Morgan fingerprint density at radius 3 is 2.62 bits per heavy atom. The number of ether oxygens (including phenoxy) is 1. The highest BCUT2D eigenvalue weighted by molar-refractivity contribution is 8.13. The molecule has 0 aliphatic carbocycles. The number of halogens is 1. The predicted molar refractivity (Wildman–Crippen MR) is 81.4 cm³/mol. The van der Waals surface area contributed by atoms with Gasteiger partial charge in [-0.05, 0) is 19.4 Å². The molecule has 1 rings (SSSR count). The summed E-state index contributed by atoms with van der Waals surface area (Å²) in [6.07, 6.45) is 1.45. The van der Waals surface area contributed by atoms with Crippen LogP contribution in [-0.4, -0.2) is 25.7 Å². The molecule has 1 aromatic rings. The van der Waals surface area contributed by atoms with Crippen molar-refractivity contribution >= 4 is 25.4 Å². The predicted octanol–water partition coefficient (Wildman–Crippen LogP) is 3.27. The molecule has 0 bridgehead atoms. The molecule has 1 aromatic carbocycles. The molecule has 0 saturated carbocycles. The van der Waals surface area contributed by atoms with Gasteiger partial charge in [0, 0.05) is 22.7 Å². The summed E-state index contributed by atoms with van der Waals surface area (Å²) in [5, 5.41) is 10.9. The van der Waals surface area contributed by atoms with Gasteiger partial charge in [-0.1, -0.05) is 19.4 Å². The van der Waals surface area contributed by atoms with E-state index < -0.39 is 14.0 Å². The van der Waals surface area contributed by atoms with Crippen LogP contribution in [0.25, 0.3) is 0 Å². The standard InChI is InChI=1S/C13H18ClNO5S/c1-3-5-11(9-21(14,18)19)8-20-13-7-4-6-12(10(13)2)15(16)17/h4,6-7,11H,3,5,8-9H2,1-2H3. The summed E-state index contributed by atoms with van der Waals surface area (Å²) >= 11 is 0. The van der Waals surface area contributed by atoms with Gasteiger partial charge in [0.25, 0.3) is 5.69 Å². The molecule has 0 aliphatic rings. The summed E-state index contributed by atoms with van der Waals surface area (Å²) in [7, 11) is 1.67. The lowest BCUT2D eigenvalue weighted by molar-refractivity contribution is -0.385. The molecule has 1 unspecified atom stereocenters. The summed E-state index contributed by atoms with van der Waals surface area (Å²) in [6, 6.07) is 4.56. The molecule has 0 aromatic heterocycles. The Morgan fingerprint density at radius 2 is 2.10 bits per heavy atom. The number of rotatable bonds is 8. The molecule has 0 spiro atoms. The van der Waals surface area contributed by atoms with Gasteiger partial charge in [0.2, 0.25) is 9.05 Å². The van der Waals surface area contributed by atoms with Crippen molar-refractivity contribution in [3.05, 3.63) is 33.9 Å². The minimum Gasteiger partial charge on any atom is -0.493 e. The van der Waals surface area contributed by atoms with E-state index in [1.54, 1.807) is 13.0 Å². The lowest BCUT2D eigenvalue weighted by Gasteiger charge is -2.16. The molecule has 0 fully saturated rings. The zero-order valence-electron chi connectivity index (χ0n) is 11.9. The molecule has 118 valence electrons. The van der Waals surface area contributed by atoms with E-state index in [4.69, 9.17) is 15.4 Å². The first-order chi connectivity index (χ1) is 9.74. The molecule has 8 heteroatoms. The van der Waals surface area contributed by atoms with Gasteiger partial charge in [-0.15, -0.1) is 0 Å². The first-order valence-corrected chi connectivity index (χ1v) is 9.01. The maximum absolute atomic E-state index is 11.2. The third-order valence-corrected chi connectivity index (χ3v) is 4.31. The van der Waals surface area contributed by atoms with Crippen molar-refractivity contribution in [3.63, 3.8) is 0 Å². The molecule has 0 saturated heterocycles. The van der Waals surface area contributed by atoms with E-state index in [-0.39, 0.29) is 24.0 Å². The highest BCUT2D eigenvalue weighted by Gasteiger charge is 2.19. The Hall–Kier alpha value is -1.34. The third-order valence-electron chi connectivity index (χ3n) is 3.06. The normalized spacial score (nSPS) is 12.9. The SMILES string of the molecule is CCCC(COc1cccc([N+](=O)[O-])c1C)CS(=O)(=O)Cl. The van der Waals surface area contributed by atoms with Gasteiger partial charge in [-0.25, -0.2) is 8.42 Å². The molecule has 6 nitrogen and oxygen atoms in total. The van der Waals surface area contributed by atoms with E-state index in [2.05, 4.69) is 0 Å². The van der Waals surface area contributed by atoms with E-state index in [1.165, 1.54) is 12.1 Å². The summed E-state index contributed by atoms with van der Waals surface area (Å²) in [4.78, 5) is 10.4. The van der Waals surface area contributed by atoms with E-state index in [9.17, 15) is 18.5 Å². The molecular formula is C13H18ClNO5S. The Labute approximate surface area is 128 Å². The van der Waals surface area contributed by atoms with Gasteiger partial charge in [-0.2, -0.15) is 0 Å². The maximum Gasteiger partial charge on any atom is 0.276 e.